The number of allylic oxidation sites excluding steroid dienone is 2. The Morgan fingerprint density at radius 1 is 0.431 bits per heavy atom. The Labute approximate surface area is 406 Å². The number of carbonyl (C=O) groups is 2. The summed E-state index contributed by atoms with van der Waals surface area (Å²) in [6, 6.07) is -0.699. The van der Waals surface area contributed by atoms with Gasteiger partial charge in [-0.2, -0.15) is 0 Å². The summed E-state index contributed by atoms with van der Waals surface area (Å²) < 4.78 is 5.96. The van der Waals surface area contributed by atoms with E-state index in [1.54, 1.807) is 0 Å². The summed E-state index contributed by atoms with van der Waals surface area (Å²) in [5.41, 5.74) is 0. The average molecular weight is 919 g/mol. The molecule has 3 N–H and O–H groups in total. The monoisotopic (exact) mass is 918 g/mol. The van der Waals surface area contributed by atoms with Crippen molar-refractivity contribution in [3.8, 4) is 0 Å². The summed E-state index contributed by atoms with van der Waals surface area (Å²) in [7, 11) is 0. The van der Waals surface area contributed by atoms with Crippen LogP contribution in [0.2, 0.25) is 0 Å². The smallest absolute Gasteiger partial charge is 0.306 e. The SMILES string of the molecule is CCCCCC/C=C\CCCCCCCC(CC(=O)NC(CO)C(O)CCCCCCCCCCCCCCCCC)OC(=O)CCCCCCCCCCCCCCCCCCCC. The summed E-state index contributed by atoms with van der Waals surface area (Å²) in [5.74, 6) is -0.459. The van der Waals surface area contributed by atoms with E-state index in [9.17, 15) is 19.8 Å². The van der Waals surface area contributed by atoms with Crippen LogP contribution >= 0.6 is 0 Å². The normalized spacial score (nSPS) is 13.1. The summed E-state index contributed by atoms with van der Waals surface area (Å²) in [6.07, 6.45) is 61.4. The molecule has 0 heterocycles. The first-order chi connectivity index (χ1) is 32.0. The molecule has 0 aromatic heterocycles. The second-order valence-corrected chi connectivity index (χ2v) is 20.4. The van der Waals surface area contributed by atoms with Gasteiger partial charge in [-0.15, -0.1) is 0 Å². The minimum atomic E-state index is -0.785. The van der Waals surface area contributed by atoms with Crippen molar-refractivity contribution < 1.29 is 24.5 Å². The van der Waals surface area contributed by atoms with Crippen LogP contribution in [0.25, 0.3) is 0 Å². The van der Waals surface area contributed by atoms with Crippen LogP contribution in [0.15, 0.2) is 12.2 Å². The third kappa shape index (κ3) is 48.9. The first-order valence-corrected chi connectivity index (χ1v) is 29.4. The number of aliphatic hydroxyl groups excluding tert-OH is 2. The van der Waals surface area contributed by atoms with E-state index in [0.717, 1.165) is 57.8 Å². The molecule has 0 rings (SSSR count). The fourth-order valence-electron chi connectivity index (χ4n) is 9.37. The van der Waals surface area contributed by atoms with Crippen LogP contribution in [0.5, 0.6) is 0 Å². The first kappa shape index (κ1) is 63.6. The van der Waals surface area contributed by atoms with Crippen LogP contribution in [0.1, 0.15) is 329 Å². The van der Waals surface area contributed by atoms with E-state index in [4.69, 9.17) is 4.74 Å². The molecule has 0 aromatic rings. The quantitative estimate of drug-likeness (QED) is 0.0321. The van der Waals surface area contributed by atoms with E-state index >= 15 is 0 Å². The molecular weight excluding hydrogens is 803 g/mol. The number of hydrogen-bond acceptors (Lipinski definition) is 5. The molecule has 6 heteroatoms. The van der Waals surface area contributed by atoms with Crippen molar-refractivity contribution >= 4 is 11.9 Å². The molecular formula is C59H115NO5. The van der Waals surface area contributed by atoms with Gasteiger partial charge in [0.2, 0.25) is 5.91 Å². The second-order valence-electron chi connectivity index (χ2n) is 20.4. The minimum absolute atomic E-state index is 0.0795. The van der Waals surface area contributed by atoms with Crippen molar-refractivity contribution in [1.29, 1.82) is 0 Å². The van der Waals surface area contributed by atoms with E-state index in [1.807, 2.05) is 0 Å². The third-order valence-electron chi connectivity index (χ3n) is 13.8. The van der Waals surface area contributed by atoms with E-state index < -0.39 is 18.2 Å². The molecule has 0 aliphatic heterocycles. The Kier molecular flexibility index (Phi) is 52.4. The summed E-state index contributed by atoms with van der Waals surface area (Å²) in [6.45, 7) is 6.52. The molecule has 0 aliphatic rings. The van der Waals surface area contributed by atoms with Gasteiger partial charge in [0.25, 0.3) is 0 Å². The van der Waals surface area contributed by atoms with Crippen LogP contribution in [-0.2, 0) is 14.3 Å². The van der Waals surface area contributed by atoms with Crippen molar-refractivity contribution in [3.05, 3.63) is 12.2 Å². The van der Waals surface area contributed by atoms with Gasteiger partial charge in [0, 0.05) is 6.42 Å². The van der Waals surface area contributed by atoms with Crippen LogP contribution in [-0.4, -0.2) is 46.9 Å². The summed E-state index contributed by atoms with van der Waals surface area (Å²) in [4.78, 5) is 26.3. The molecule has 0 spiro atoms. The van der Waals surface area contributed by atoms with Crippen LogP contribution in [0, 0.1) is 0 Å². The van der Waals surface area contributed by atoms with E-state index in [1.165, 1.54) is 225 Å². The van der Waals surface area contributed by atoms with Crippen LogP contribution < -0.4 is 5.32 Å². The fraction of sp³-hybridized carbons (Fsp3) is 0.932. The van der Waals surface area contributed by atoms with Gasteiger partial charge in [0.05, 0.1) is 25.2 Å². The zero-order valence-electron chi connectivity index (χ0n) is 44.2. The van der Waals surface area contributed by atoms with Gasteiger partial charge in [-0.3, -0.25) is 9.59 Å². The largest absolute Gasteiger partial charge is 0.462 e. The third-order valence-corrected chi connectivity index (χ3v) is 13.8. The molecule has 0 saturated heterocycles. The van der Waals surface area contributed by atoms with E-state index in [2.05, 4.69) is 38.2 Å². The number of carbonyl (C=O) groups excluding carboxylic acids is 2. The highest BCUT2D eigenvalue weighted by molar-refractivity contribution is 5.77. The van der Waals surface area contributed by atoms with Crippen molar-refractivity contribution in [3.63, 3.8) is 0 Å². The standard InChI is InChI=1S/C59H115NO5/c1-4-7-10-13-16-19-22-25-27-28-29-31-34-37-40-43-46-49-52-59(64)65-55(50-47-44-41-38-35-32-24-21-18-15-12-9-6-3)53-58(63)60-56(54-61)57(62)51-48-45-42-39-36-33-30-26-23-20-17-14-11-8-5-2/h21,24,55-57,61-62H,4-20,22-23,25-54H2,1-3H3,(H,60,63)/b24-21-. The Morgan fingerprint density at radius 3 is 1.11 bits per heavy atom. The second kappa shape index (κ2) is 53.6. The number of amides is 1. The van der Waals surface area contributed by atoms with Gasteiger partial charge in [0.1, 0.15) is 6.10 Å². The van der Waals surface area contributed by atoms with Crippen molar-refractivity contribution in [1.82, 2.24) is 5.32 Å². The lowest BCUT2D eigenvalue weighted by Gasteiger charge is -2.24. The number of aliphatic hydroxyl groups is 2. The molecule has 3 atom stereocenters. The number of rotatable bonds is 54. The molecule has 3 unspecified atom stereocenters. The maximum Gasteiger partial charge on any atom is 0.306 e. The van der Waals surface area contributed by atoms with Gasteiger partial charge in [-0.05, 0) is 51.4 Å². The molecule has 1 amide bonds. The number of hydrogen-bond donors (Lipinski definition) is 3. The highest BCUT2D eigenvalue weighted by atomic mass is 16.5. The molecule has 0 aliphatic carbocycles. The van der Waals surface area contributed by atoms with Crippen LogP contribution in [0.4, 0.5) is 0 Å². The van der Waals surface area contributed by atoms with Gasteiger partial charge in [-0.1, -0.05) is 277 Å². The molecule has 0 saturated carbocycles. The number of esters is 1. The summed E-state index contributed by atoms with van der Waals surface area (Å²) in [5, 5.41) is 23.9. The molecule has 0 bridgehead atoms. The van der Waals surface area contributed by atoms with Gasteiger partial charge < -0.3 is 20.3 Å². The van der Waals surface area contributed by atoms with Crippen molar-refractivity contribution in [2.24, 2.45) is 0 Å². The predicted molar refractivity (Wildman–Crippen MR) is 283 cm³/mol. The lowest BCUT2D eigenvalue weighted by atomic mass is 10.0. The molecule has 6 nitrogen and oxygen atoms in total. The van der Waals surface area contributed by atoms with Crippen LogP contribution in [0.3, 0.4) is 0 Å². The predicted octanol–water partition coefficient (Wildman–Crippen LogP) is 18.1. The number of unbranched alkanes of at least 4 members (excludes halogenated alkanes) is 40. The maximum atomic E-state index is 13.3. The minimum Gasteiger partial charge on any atom is -0.462 e. The molecule has 0 radical (unpaired) electrons. The lowest BCUT2D eigenvalue weighted by Crippen LogP contribution is -2.46. The van der Waals surface area contributed by atoms with Gasteiger partial charge >= 0.3 is 5.97 Å². The Morgan fingerprint density at radius 2 is 0.738 bits per heavy atom. The topological polar surface area (TPSA) is 95.9 Å². The highest BCUT2D eigenvalue weighted by Gasteiger charge is 2.24. The first-order valence-electron chi connectivity index (χ1n) is 29.4. The van der Waals surface area contributed by atoms with Gasteiger partial charge in [0.15, 0.2) is 0 Å². The number of ether oxygens (including phenoxy) is 1. The van der Waals surface area contributed by atoms with Crippen molar-refractivity contribution in [2.75, 3.05) is 6.61 Å². The molecule has 0 aromatic carbocycles. The molecule has 65 heavy (non-hydrogen) atoms. The van der Waals surface area contributed by atoms with Gasteiger partial charge in [-0.25, -0.2) is 0 Å². The zero-order chi connectivity index (χ0) is 47.4. The van der Waals surface area contributed by atoms with E-state index in [-0.39, 0.29) is 24.9 Å². The lowest BCUT2D eigenvalue weighted by molar-refractivity contribution is -0.151. The Bertz CT molecular complexity index is 986. The van der Waals surface area contributed by atoms with E-state index in [0.29, 0.717) is 19.3 Å². The number of nitrogens with one attached hydrogen (secondary N) is 1. The van der Waals surface area contributed by atoms with Crippen molar-refractivity contribution in [2.45, 2.75) is 347 Å². The Balaban J connectivity index is 4.46. The highest BCUT2D eigenvalue weighted by Crippen LogP contribution is 2.19. The molecule has 386 valence electrons. The molecule has 0 fully saturated rings. The summed E-state index contributed by atoms with van der Waals surface area (Å²) >= 11 is 0. The average Bonchev–Trinajstić information content (AvgIpc) is 3.30. The fourth-order valence-corrected chi connectivity index (χ4v) is 9.37. The zero-order valence-corrected chi connectivity index (χ0v) is 44.2. The Hall–Kier alpha value is -1.40. The maximum absolute atomic E-state index is 13.3.